The minimum absolute atomic E-state index is 0.0242. The van der Waals surface area contributed by atoms with Crippen LogP contribution in [-0.4, -0.2) is 10.5 Å². The predicted octanol–water partition coefficient (Wildman–Crippen LogP) is 2.44. The fraction of sp³-hybridized carbons (Fsp3) is 0.250. The molecule has 0 bridgehead atoms. The zero-order valence-electron chi connectivity index (χ0n) is 11.5. The van der Waals surface area contributed by atoms with Crippen molar-refractivity contribution < 1.29 is 4.79 Å². The lowest BCUT2D eigenvalue weighted by Gasteiger charge is -2.07. The number of aromatic nitrogens is 1. The lowest BCUT2D eigenvalue weighted by molar-refractivity contribution is -0.116. The number of carbonyl (C=O) groups is 1. The molecule has 1 amide bonds. The second kappa shape index (κ2) is 6.70. The van der Waals surface area contributed by atoms with E-state index in [1.807, 2.05) is 24.3 Å². The SMILES string of the molecule is CCCc1ccc(NC(=O)Cn2ccccc2=O)cc1. The molecule has 1 aromatic heterocycles. The zero-order chi connectivity index (χ0) is 14.4. The van der Waals surface area contributed by atoms with Crippen LogP contribution in [0.25, 0.3) is 0 Å². The summed E-state index contributed by atoms with van der Waals surface area (Å²) in [5.41, 5.74) is 1.82. The largest absolute Gasteiger partial charge is 0.325 e. The molecule has 1 aromatic carbocycles. The highest BCUT2D eigenvalue weighted by Crippen LogP contribution is 2.11. The van der Waals surface area contributed by atoms with Crippen LogP contribution in [0.15, 0.2) is 53.5 Å². The molecule has 2 rings (SSSR count). The second-order valence-electron chi connectivity index (χ2n) is 4.66. The van der Waals surface area contributed by atoms with Crippen molar-refractivity contribution in [2.24, 2.45) is 0 Å². The van der Waals surface area contributed by atoms with Gasteiger partial charge in [-0.05, 0) is 30.2 Å². The van der Waals surface area contributed by atoms with Crippen molar-refractivity contribution in [3.63, 3.8) is 0 Å². The fourth-order valence-electron chi connectivity index (χ4n) is 1.99. The average molecular weight is 270 g/mol. The van der Waals surface area contributed by atoms with Gasteiger partial charge in [0.15, 0.2) is 0 Å². The number of aryl methyl sites for hydroxylation is 1. The molecule has 0 unspecified atom stereocenters. The first-order chi connectivity index (χ1) is 9.69. The van der Waals surface area contributed by atoms with Crippen LogP contribution in [0, 0.1) is 0 Å². The Morgan fingerprint density at radius 1 is 1.15 bits per heavy atom. The summed E-state index contributed by atoms with van der Waals surface area (Å²) in [6.07, 6.45) is 3.74. The lowest BCUT2D eigenvalue weighted by atomic mass is 10.1. The quantitative estimate of drug-likeness (QED) is 0.907. The van der Waals surface area contributed by atoms with Crippen molar-refractivity contribution in [1.29, 1.82) is 0 Å². The molecule has 0 fully saturated rings. The first-order valence-corrected chi connectivity index (χ1v) is 6.73. The van der Waals surface area contributed by atoms with Crippen molar-refractivity contribution in [3.05, 3.63) is 64.6 Å². The van der Waals surface area contributed by atoms with E-state index in [1.165, 1.54) is 16.2 Å². The normalized spacial score (nSPS) is 10.2. The Hall–Kier alpha value is -2.36. The summed E-state index contributed by atoms with van der Waals surface area (Å²) in [4.78, 5) is 23.4. The van der Waals surface area contributed by atoms with Crippen molar-refractivity contribution in [1.82, 2.24) is 4.57 Å². The number of rotatable bonds is 5. The van der Waals surface area contributed by atoms with Crippen LogP contribution < -0.4 is 10.9 Å². The fourth-order valence-corrected chi connectivity index (χ4v) is 1.99. The van der Waals surface area contributed by atoms with E-state index in [0.29, 0.717) is 0 Å². The van der Waals surface area contributed by atoms with Gasteiger partial charge in [-0.1, -0.05) is 31.5 Å². The average Bonchev–Trinajstić information content (AvgIpc) is 2.44. The number of anilines is 1. The molecule has 4 heteroatoms. The Labute approximate surface area is 118 Å². The van der Waals surface area contributed by atoms with E-state index in [-0.39, 0.29) is 18.0 Å². The number of nitrogens with one attached hydrogen (secondary N) is 1. The van der Waals surface area contributed by atoms with E-state index >= 15 is 0 Å². The Morgan fingerprint density at radius 3 is 2.55 bits per heavy atom. The maximum absolute atomic E-state index is 11.9. The topological polar surface area (TPSA) is 51.1 Å². The third kappa shape index (κ3) is 3.82. The standard InChI is InChI=1S/C16H18N2O2/c1-2-5-13-7-9-14(10-8-13)17-15(19)12-18-11-4-3-6-16(18)20/h3-4,6-11H,2,5,12H2,1H3,(H,17,19). The van der Waals surface area contributed by atoms with E-state index in [2.05, 4.69) is 12.2 Å². The number of benzene rings is 1. The predicted molar refractivity (Wildman–Crippen MR) is 79.8 cm³/mol. The molecule has 104 valence electrons. The van der Waals surface area contributed by atoms with Gasteiger partial charge in [0.2, 0.25) is 5.91 Å². The van der Waals surface area contributed by atoms with Gasteiger partial charge in [-0.15, -0.1) is 0 Å². The maximum atomic E-state index is 11.9. The summed E-state index contributed by atoms with van der Waals surface area (Å²) in [7, 11) is 0. The highest BCUT2D eigenvalue weighted by molar-refractivity contribution is 5.90. The zero-order valence-corrected chi connectivity index (χ0v) is 11.5. The highest BCUT2D eigenvalue weighted by atomic mass is 16.2. The smallest absolute Gasteiger partial charge is 0.250 e. The van der Waals surface area contributed by atoms with E-state index < -0.39 is 0 Å². The second-order valence-corrected chi connectivity index (χ2v) is 4.66. The molecule has 0 spiro atoms. The van der Waals surface area contributed by atoms with Crippen molar-refractivity contribution in [3.8, 4) is 0 Å². The molecule has 1 heterocycles. The Kier molecular flexibility index (Phi) is 4.71. The minimum Gasteiger partial charge on any atom is -0.325 e. The minimum atomic E-state index is -0.207. The van der Waals surface area contributed by atoms with Gasteiger partial charge in [0.25, 0.3) is 5.56 Å². The van der Waals surface area contributed by atoms with Gasteiger partial charge in [-0.3, -0.25) is 9.59 Å². The molecule has 0 radical (unpaired) electrons. The lowest BCUT2D eigenvalue weighted by Crippen LogP contribution is -2.26. The highest BCUT2D eigenvalue weighted by Gasteiger charge is 2.04. The molecule has 20 heavy (non-hydrogen) atoms. The number of pyridine rings is 1. The van der Waals surface area contributed by atoms with Gasteiger partial charge in [0.1, 0.15) is 6.54 Å². The van der Waals surface area contributed by atoms with Gasteiger partial charge in [-0.25, -0.2) is 0 Å². The first-order valence-electron chi connectivity index (χ1n) is 6.73. The Morgan fingerprint density at radius 2 is 1.90 bits per heavy atom. The molecular formula is C16H18N2O2. The van der Waals surface area contributed by atoms with E-state index in [0.717, 1.165) is 18.5 Å². The van der Waals surface area contributed by atoms with Crippen LogP contribution in [0.2, 0.25) is 0 Å². The monoisotopic (exact) mass is 270 g/mol. The summed E-state index contributed by atoms with van der Waals surface area (Å²) in [6.45, 7) is 2.16. The number of nitrogens with zero attached hydrogens (tertiary/aromatic N) is 1. The van der Waals surface area contributed by atoms with Crippen LogP contribution in [0.5, 0.6) is 0 Å². The van der Waals surface area contributed by atoms with Gasteiger partial charge in [0.05, 0.1) is 0 Å². The third-order valence-corrected chi connectivity index (χ3v) is 2.99. The number of amides is 1. The van der Waals surface area contributed by atoms with Crippen LogP contribution in [0.3, 0.4) is 0 Å². The van der Waals surface area contributed by atoms with E-state index in [1.54, 1.807) is 18.3 Å². The molecule has 0 aliphatic rings. The molecule has 1 N–H and O–H groups in total. The van der Waals surface area contributed by atoms with Gasteiger partial charge in [0, 0.05) is 18.0 Å². The van der Waals surface area contributed by atoms with Crippen LogP contribution in [0.4, 0.5) is 5.69 Å². The van der Waals surface area contributed by atoms with Crippen LogP contribution in [-0.2, 0) is 17.8 Å². The Balaban J connectivity index is 1.98. The summed E-state index contributed by atoms with van der Waals surface area (Å²) in [5.74, 6) is -0.207. The molecule has 0 atom stereocenters. The maximum Gasteiger partial charge on any atom is 0.250 e. The third-order valence-electron chi connectivity index (χ3n) is 2.99. The molecule has 4 nitrogen and oxygen atoms in total. The Bertz CT molecular complexity index is 629. The van der Waals surface area contributed by atoms with Crippen LogP contribution in [0.1, 0.15) is 18.9 Å². The molecular weight excluding hydrogens is 252 g/mol. The van der Waals surface area contributed by atoms with Gasteiger partial charge >= 0.3 is 0 Å². The summed E-state index contributed by atoms with van der Waals surface area (Å²) in [5, 5.41) is 2.79. The van der Waals surface area contributed by atoms with Crippen LogP contribution >= 0.6 is 0 Å². The number of carbonyl (C=O) groups excluding carboxylic acids is 1. The van der Waals surface area contributed by atoms with E-state index in [4.69, 9.17) is 0 Å². The van der Waals surface area contributed by atoms with Crippen molar-refractivity contribution >= 4 is 11.6 Å². The number of hydrogen-bond acceptors (Lipinski definition) is 2. The molecule has 0 saturated carbocycles. The van der Waals surface area contributed by atoms with E-state index in [9.17, 15) is 9.59 Å². The first kappa shape index (κ1) is 14.1. The summed E-state index contributed by atoms with van der Waals surface area (Å²) >= 11 is 0. The van der Waals surface area contributed by atoms with Crippen molar-refractivity contribution in [2.75, 3.05) is 5.32 Å². The molecule has 0 saturated heterocycles. The molecule has 2 aromatic rings. The summed E-state index contributed by atoms with van der Waals surface area (Å²) < 4.78 is 1.38. The van der Waals surface area contributed by atoms with Gasteiger partial charge in [-0.2, -0.15) is 0 Å². The van der Waals surface area contributed by atoms with Gasteiger partial charge < -0.3 is 9.88 Å². The number of hydrogen-bond donors (Lipinski definition) is 1. The van der Waals surface area contributed by atoms with Crippen molar-refractivity contribution in [2.45, 2.75) is 26.3 Å². The molecule has 0 aliphatic carbocycles. The summed E-state index contributed by atoms with van der Waals surface area (Å²) in [6, 6.07) is 12.6. The molecule has 0 aliphatic heterocycles.